The van der Waals surface area contributed by atoms with E-state index in [2.05, 4.69) is 57.1 Å². The van der Waals surface area contributed by atoms with Gasteiger partial charge in [-0.2, -0.15) is 0 Å². The average molecular weight is 375 g/mol. The lowest BCUT2D eigenvalue weighted by Gasteiger charge is -2.17. The van der Waals surface area contributed by atoms with Crippen molar-refractivity contribution in [2.45, 2.75) is 52.1 Å². The number of carbonyl (C=O) groups excluding carboxylic acids is 1. The highest BCUT2D eigenvalue weighted by molar-refractivity contribution is 5.79. The normalized spacial score (nSPS) is 16.3. The highest BCUT2D eigenvalue weighted by Gasteiger charge is 2.22. The second kappa shape index (κ2) is 7.92. The van der Waals surface area contributed by atoms with E-state index in [1.807, 2.05) is 12.1 Å². The molecule has 0 saturated heterocycles. The minimum absolute atomic E-state index is 0.0886. The Hall–Kier alpha value is -3.02. The van der Waals surface area contributed by atoms with Crippen LogP contribution in [0.2, 0.25) is 0 Å². The van der Waals surface area contributed by atoms with Crippen LogP contribution >= 0.6 is 0 Å². The molecule has 1 aliphatic rings. The van der Waals surface area contributed by atoms with Gasteiger partial charge in [0.05, 0.1) is 6.42 Å². The molecule has 6 heteroatoms. The zero-order chi connectivity index (χ0) is 19.5. The van der Waals surface area contributed by atoms with Crippen molar-refractivity contribution in [2.75, 3.05) is 0 Å². The van der Waals surface area contributed by atoms with Crippen LogP contribution in [0.1, 0.15) is 35.4 Å². The average Bonchev–Trinajstić information content (AvgIpc) is 3.00. The van der Waals surface area contributed by atoms with Crippen LogP contribution in [0.15, 0.2) is 42.7 Å². The maximum atomic E-state index is 12.6. The monoisotopic (exact) mass is 375 g/mol. The molecule has 0 radical (unpaired) electrons. The lowest BCUT2D eigenvalue weighted by atomic mass is 10.0. The van der Waals surface area contributed by atoms with E-state index < -0.39 is 0 Å². The molecule has 28 heavy (non-hydrogen) atoms. The minimum atomic E-state index is 0.0886. The lowest BCUT2D eigenvalue weighted by molar-refractivity contribution is -0.121. The standard InChI is InChI=1S/C22H25N5O/c1-15-3-4-16(2)18(13-15)14-21(28)24-19-5-6-20-25-26-22(27(20)12-9-19)17-7-10-23-11-8-17/h3-4,7-8,10-11,13,19H,5-6,9,12,14H2,1-2H3,(H,24,28). The van der Waals surface area contributed by atoms with Gasteiger partial charge in [0.2, 0.25) is 5.91 Å². The number of aryl methyl sites for hydroxylation is 3. The van der Waals surface area contributed by atoms with Gasteiger partial charge >= 0.3 is 0 Å². The smallest absolute Gasteiger partial charge is 0.224 e. The Morgan fingerprint density at radius 1 is 1.14 bits per heavy atom. The molecular weight excluding hydrogens is 350 g/mol. The zero-order valence-electron chi connectivity index (χ0n) is 16.4. The maximum Gasteiger partial charge on any atom is 0.224 e. The number of rotatable bonds is 4. The lowest BCUT2D eigenvalue weighted by Crippen LogP contribution is -2.36. The molecule has 2 aromatic heterocycles. The number of benzene rings is 1. The van der Waals surface area contributed by atoms with Crippen LogP contribution in [0.25, 0.3) is 11.4 Å². The number of hydrogen-bond acceptors (Lipinski definition) is 4. The fourth-order valence-corrected chi connectivity index (χ4v) is 3.79. The molecule has 3 aromatic rings. The first-order chi connectivity index (χ1) is 13.6. The van der Waals surface area contributed by atoms with Gasteiger partial charge in [0.1, 0.15) is 5.82 Å². The van der Waals surface area contributed by atoms with E-state index in [0.29, 0.717) is 6.42 Å². The van der Waals surface area contributed by atoms with Crippen molar-refractivity contribution in [1.29, 1.82) is 0 Å². The quantitative estimate of drug-likeness (QED) is 0.761. The third-order valence-electron chi connectivity index (χ3n) is 5.40. The molecule has 1 unspecified atom stereocenters. The van der Waals surface area contributed by atoms with Gasteiger partial charge in [0, 0.05) is 37.0 Å². The van der Waals surface area contributed by atoms with Gasteiger partial charge in [0.25, 0.3) is 0 Å². The topological polar surface area (TPSA) is 72.7 Å². The zero-order valence-corrected chi connectivity index (χ0v) is 16.4. The first-order valence-electron chi connectivity index (χ1n) is 9.78. The molecule has 1 aromatic carbocycles. The molecule has 0 spiro atoms. The van der Waals surface area contributed by atoms with E-state index in [0.717, 1.165) is 54.1 Å². The molecule has 6 nitrogen and oxygen atoms in total. The van der Waals surface area contributed by atoms with Crippen LogP contribution < -0.4 is 5.32 Å². The number of fused-ring (bicyclic) bond motifs is 1. The van der Waals surface area contributed by atoms with Crippen LogP contribution in [0.5, 0.6) is 0 Å². The highest BCUT2D eigenvalue weighted by Crippen LogP contribution is 2.22. The molecule has 3 heterocycles. The number of nitrogens with zero attached hydrogens (tertiary/aromatic N) is 4. The second-order valence-corrected chi connectivity index (χ2v) is 7.53. The summed E-state index contributed by atoms with van der Waals surface area (Å²) < 4.78 is 2.17. The SMILES string of the molecule is Cc1ccc(C)c(CC(=O)NC2CCc3nnc(-c4ccncc4)n3CC2)c1. The fourth-order valence-electron chi connectivity index (χ4n) is 3.79. The maximum absolute atomic E-state index is 12.6. The van der Waals surface area contributed by atoms with E-state index in [4.69, 9.17) is 0 Å². The van der Waals surface area contributed by atoms with Gasteiger partial charge in [-0.3, -0.25) is 9.78 Å². The van der Waals surface area contributed by atoms with Crippen molar-refractivity contribution in [3.8, 4) is 11.4 Å². The van der Waals surface area contributed by atoms with E-state index >= 15 is 0 Å². The van der Waals surface area contributed by atoms with Gasteiger partial charge in [0.15, 0.2) is 5.82 Å². The van der Waals surface area contributed by atoms with E-state index in [9.17, 15) is 4.79 Å². The Balaban J connectivity index is 1.41. The third kappa shape index (κ3) is 3.96. The van der Waals surface area contributed by atoms with Crippen molar-refractivity contribution in [3.63, 3.8) is 0 Å². The number of nitrogens with one attached hydrogen (secondary N) is 1. The summed E-state index contributed by atoms with van der Waals surface area (Å²) in [5, 5.41) is 12.0. The molecule has 1 atom stereocenters. The summed E-state index contributed by atoms with van der Waals surface area (Å²) >= 11 is 0. The van der Waals surface area contributed by atoms with Gasteiger partial charge in [-0.1, -0.05) is 23.8 Å². The van der Waals surface area contributed by atoms with Crippen molar-refractivity contribution in [1.82, 2.24) is 25.1 Å². The van der Waals surface area contributed by atoms with Gasteiger partial charge < -0.3 is 9.88 Å². The molecular formula is C22H25N5O. The molecule has 0 aliphatic carbocycles. The first kappa shape index (κ1) is 18.3. The first-order valence-corrected chi connectivity index (χ1v) is 9.78. The molecule has 144 valence electrons. The van der Waals surface area contributed by atoms with E-state index in [-0.39, 0.29) is 11.9 Å². The van der Waals surface area contributed by atoms with E-state index in [1.165, 1.54) is 5.56 Å². The Bertz CT molecular complexity index is 980. The highest BCUT2D eigenvalue weighted by atomic mass is 16.1. The Kier molecular flexibility index (Phi) is 5.19. The second-order valence-electron chi connectivity index (χ2n) is 7.53. The number of hydrogen-bond donors (Lipinski definition) is 1. The molecule has 1 amide bonds. The minimum Gasteiger partial charge on any atom is -0.353 e. The van der Waals surface area contributed by atoms with Gasteiger partial charge in [-0.05, 0) is 49.9 Å². The Morgan fingerprint density at radius 2 is 1.96 bits per heavy atom. The predicted octanol–water partition coefficient (Wildman–Crippen LogP) is 3.02. The molecule has 0 saturated carbocycles. The van der Waals surface area contributed by atoms with E-state index in [1.54, 1.807) is 12.4 Å². The summed E-state index contributed by atoms with van der Waals surface area (Å²) in [5.74, 6) is 1.95. The molecule has 0 bridgehead atoms. The number of pyridine rings is 1. The molecule has 1 aliphatic heterocycles. The number of amides is 1. The fraction of sp³-hybridized carbons (Fsp3) is 0.364. The van der Waals surface area contributed by atoms with Crippen LogP contribution in [-0.2, 0) is 24.2 Å². The Morgan fingerprint density at radius 3 is 2.79 bits per heavy atom. The Labute approximate surface area is 165 Å². The third-order valence-corrected chi connectivity index (χ3v) is 5.40. The largest absolute Gasteiger partial charge is 0.353 e. The summed E-state index contributed by atoms with van der Waals surface area (Å²) in [6, 6.07) is 10.3. The number of aromatic nitrogens is 4. The number of carbonyl (C=O) groups is 1. The van der Waals surface area contributed by atoms with Gasteiger partial charge in [-0.15, -0.1) is 10.2 Å². The summed E-state index contributed by atoms with van der Waals surface area (Å²) in [6.07, 6.45) is 6.54. The molecule has 4 rings (SSSR count). The van der Waals surface area contributed by atoms with Crippen molar-refractivity contribution in [2.24, 2.45) is 0 Å². The van der Waals surface area contributed by atoms with Crippen molar-refractivity contribution < 1.29 is 4.79 Å². The van der Waals surface area contributed by atoms with Crippen LogP contribution in [0.3, 0.4) is 0 Å². The van der Waals surface area contributed by atoms with Gasteiger partial charge in [-0.25, -0.2) is 0 Å². The molecule has 0 fully saturated rings. The summed E-state index contributed by atoms with van der Waals surface area (Å²) in [7, 11) is 0. The molecule has 1 N–H and O–H groups in total. The summed E-state index contributed by atoms with van der Waals surface area (Å²) in [6.45, 7) is 4.91. The van der Waals surface area contributed by atoms with Crippen LogP contribution in [-0.4, -0.2) is 31.7 Å². The van der Waals surface area contributed by atoms with Crippen LogP contribution in [0.4, 0.5) is 0 Å². The van der Waals surface area contributed by atoms with Crippen LogP contribution in [0, 0.1) is 13.8 Å². The summed E-state index contributed by atoms with van der Waals surface area (Å²) in [4.78, 5) is 16.7. The predicted molar refractivity (Wildman–Crippen MR) is 108 cm³/mol. The van der Waals surface area contributed by atoms with Crippen molar-refractivity contribution >= 4 is 5.91 Å². The van der Waals surface area contributed by atoms with Crippen molar-refractivity contribution in [3.05, 3.63) is 65.2 Å². The summed E-state index contributed by atoms with van der Waals surface area (Å²) in [5.41, 5.74) is 4.47.